The van der Waals surface area contributed by atoms with Gasteiger partial charge in [0.2, 0.25) is 0 Å². The fraction of sp³-hybridized carbons (Fsp3) is 0.231. The zero-order valence-corrected chi connectivity index (χ0v) is 11.4. The Labute approximate surface area is 116 Å². The summed E-state index contributed by atoms with van der Waals surface area (Å²) >= 11 is 12.1. The molecule has 1 heterocycles. The molecule has 2 aromatic rings. The molecule has 0 aliphatic rings. The first-order valence-electron chi connectivity index (χ1n) is 5.57. The smallest absolute Gasteiger partial charge is 0.122 e. The van der Waals surface area contributed by atoms with Gasteiger partial charge in [-0.25, -0.2) is 5.43 Å². The van der Waals surface area contributed by atoms with Gasteiger partial charge in [0.25, 0.3) is 0 Å². The lowest BCUT2D eigenvalue weighted by Gasteiger charge is -2.14. The molecular formula is C13H14Cl2N2O. The first kappa shape index (κ1) is 13.4. The zero-order valence-electron chi connectivity index (χ0n) is 9.91. The van der Waals surface area contributed by atoms with E-state index in [0.29, 0.717) is 16.5 Å². The standard InChI is InChI=1S/C13H14Cl2N2O/c1-8-5-6-12(18-8)11(17-16)7-9-3-2-4-10(14)13(9)15/h2-6,11,17H,7,16H2,1H3. The molecule has 0 saturated carbocycles. The Kier molecular flexibility index (Phi) is 4.30. The lowest BCUT2D eigenvalue weighted by molar-refractivity contribution is 0.403. The number of halogens is 2. The van der Waals surface area contributed by atoms with Crippen LogP contribution in [-0.2, 0) is 6.42 Å². The summed E-state index contributed by atoms with van der Waals surface area (Å²) in [5, 5.41) is 1.10. The maximum atomic E-state index is 6.16. The van der Waals surface area contributed by atoms with Crippen LogP contribution in [0.1, 0.15) is 23.1 Å². The summed E-state index contributed by atoms with van der Waals surface area (Å²) in [6.45, 7) is 1.89. The van der Waals surface area contributed by atoms with Gasteiger partial charge < -0.3 is 4.42 Å². The van der Waals surface area contributed by atoms with Crippen LogP contribution in [0.15, 0.2) is 34.7 Å². The molecule has 0 spiro atoms. The number of benzene rings is 1. The number of hydrogen-bond acceptors (Lipinski definition) is 3. The molecule has 0 saturated heterocycles. The Balaban J connectivity index is 2.23. The van der Waals surface area contributed by atoms with Gasteiger partial charge in [0.05, 0.1) is 16.1 Å². The van der Waals surface area contributed by atoms with Crippen LogP contribution in [0.3, 0.4) is 0 Å². The Morgan fingerprint density at radius 2 is 2.06 bits per heavy atom. The van der Waals surface area contributed by atoms with E-state index in [-0.39, 0.29) is 6.04 Å². The fourth-order valence-electron chi connectivity index (χ4n) is 1.81. The van der Waals surface area contributed by atoms with E-state index >= 15 is 0 Å². The van der Waals surface area contributed by atoms with Crippen LogP contribution in [0.2, 0.25) is 10.0 Å². The number of furan rings is 1. The van der Waals surface area contributed by atoms with Crippen molar-refractivity contribution in [1.29, 1.82) is 0 Å². The van der Waals surface area contributed by atoms with Gasteiger partial charge in [-0.3, -0.25) is 5.84 Å². The largest absolute Gasteiger partial charge is 0.465 e. The minimum atomic E-state index is -0.130. The van der Waals surface area contributed by atoms with Gasteiger partial charge in [-0.05, 0) is 37.1 Å². The van der Waals surface area contributed by atoms with Gasteiger partial charge in [-0.1, -0.05) is 35.3 Å². The molecule has 1 atom stereocenters. The van der Waals surface area contributed by atoms with Crippen LogP contribution >= 0.6 is 23.2 Å². The molecule has 1 aromatic carbocycles. The summed E-state index contributed by atoms with van der Waals surface area (Å²) in [4.78, 5) is 0. The molecule has 5 heteroatoms. The average Bonchev–Trinajstić information content (AvgIpc) is 2.78. The second kappa shape index (κ2) is 5.76. The Bertz CT molecular complexity index is 540. The summed E-state index contributed by atoms with van der Waals surface area (Å²) in [7, 11) is 0. The maximum absolute atomic E-state index is 6.16. The maximum Gasteiger partial charge on any atom is 0.122 e. The molecule has 3 nitrogen and oxygen atoms in total. The van der Waals surface area contributed by atoms with Crippen LogP contribution in [0.5, 0.6) is 0 Å². The molecule has 0 aliphatic carbocycles. The van der Waals surface area contributed by atoms with Crippen molar-refractivity contribution >= 4 is 23.2 Å². The van der Waals surface area contributed by atoms with Crippen LogP contribution in [0, 0.1) is 6.92 Å². The van der Waals surface area contributed by atoms with Crippen molar-refractivity contribution in [3.63, 3.8) is 0 Å². The second-order valence-corrected chi connectivity index (χ2v) is 4.87. The van der Waals surface area contributed by atoms with Gasteiger partial charge in [-0.15, -0.1) is 0 Å². The number of nitrogens with two attached hydrogens (primary N) is 1. The highest BCUT2D eigenvalue weighted by atomic mass is 35.5. The molecule has 2 rings (SSSR count). The zero-order chi connectivity index (χ0) is 13.1. The van der Waals surface area contributed by atoms with Gasteiger partial charge in [0.15, 0.2) is 0 Å². The van der Waals surface area contributed by atoms with Crippen LogP contribution < -0.4 is 11.3 Å². The first-order chi connectivity index (χ1) is 8.61. The third-order valence-electron chi connectivity index (χ3n) is 2.76. The minimum absolute atomic E-state index is 0.130. The predicted molar refractivity (Wildman–Crippen MR) is 73.7 cm³/mol. The average molecular weight is 285 g/mol. The molecule has 0 radical (unpaired) electrons. The Morgan fingerprint density at radius 3 is 2.67 bits per heavy atom. The summed E-state index contributed by atoms with van der Waals surface area (Å²) < 4.78 is 5.56. The molecular weight excluding hydrogens is 271 g/mol. The normalized spacial score (nSPS) is 12.7. The van der Waals surface area contributed by atoms with E-state index in [1.807, 2.05) is 31.2 Å². The topological polar surface area (TPSA) is 51.2 Å². The van der Waals surface area contributed by atoms with E-state index in [2.05, 4.69) is 5.43 Å². The third-order valence-corrected chi connectivity index (χ3v) is 3.62. The summed E-state index contributed by atoms with van der Waals surface area (Å²) in [5.74, 6) is 7.20. The molecule has 0 amide bonds. The van der Waals surface area contributed by atoms with Crippen LogP contribution in [0.4, 0.5) is 0 Å². The molecule has 0 fully saturated rings. The molecule has 0 bridgehead atoms. The van der Waals surface area contributed by atoms with E-state index in [4.69, 9.17) is 33.5 Å². The van der Waals surface area contributed by atoms with Gasteiger partial charge in [0, 0.05) is 0 Å². The fourth-order valence-corrected chi connectivity index (χ4v) is 2.21. The van der Waals surface area contributed by atoms with Crippen molar-refractivity contribution in [1.82, 2.24) is 5.43 Å². The van der Waals surface area contributed by atoms with E-state index in [1.54, 1.807) is 6.07 Å². The van der Waals surface area contributed by atoms with E-state index < -0.39 is 0 Å². The summed E-state index contributed by atoms with van der Waals surface area (Å²) in [6, 6.07) is 9.22. The SMILES string of the molecule is Cc1ccc(C(Cc2cccc(Cl)c2Cl)NN)o1. The lowest BCUT2D eigenvalue weighted by atomic mass is 10.0. The highest BCUT2D eigenvalue weighted by molar-refractivity contribution is 6.42. The number of aryl methyl sites for hydroxylation is 1. The first-order valence-corrected chi connectivity index (χ1v) is 6.32. The van der Waals surface area contributed by atoms with E-state index in [9.17, 15) is 0 Å². The number of hydrogen-bond donors (Lipinski definition) is 2. The molecule has 0 aliphatic heterocycles. The summed E-state index contributed by atoms with van der Waals surface area (Å²) in [5.41, 5.74) is 3.66. The lowest BCUT2D eigenvalue weighted by Crippen LogP contribution is -2.29. The van der Waals surface area contributed by atoms with Crippen molar-refractivity contribution in [2.24, 2.45) is 5.84 Å². The number of rotatable bonds is 4. The van der Waals surface area contributed by atoms with Crippen LogP contribution in [-0.4, -0.2) is 0 Å². The minimum Gasteiger partial charge on any atom is -0.465 e. The quantitative estimate of drug-likeness (QED) is 0.666. The Morgan fingerprint density at radius 1 is 1.28 bits per heavy atom. The molecule has 3 N–H and O–H groups in total. The second-order valence-electron chi connectivity index (χ2n) is 4.08. The number of nitrogens with one attached hydrogen (secondary N) is 1. The van der Waals surface area contributed by atoms with Crippen LogP contribution in [0.25, 0.3) is 0 Å². The van der Waals surface area contributed by atoms with Crippen molar-refractivity contribution in [3.05, 3.63) is 57.5 Å². The molecule has 1 unspecified atom stereocenters. The Hall–Kier alpha value is -1.000. The van der Waals surface area contributed by atoms with Crippen molar-refractivity contribution in [2.45, 2.75) is 19.4 Å². The van der Waals surface area contributed by atoms with Crippen molar-refractivity contribution in [2.75, 3.05) is 0 Å². The molecule has 96 valence electrons. The third kappa shape index (κ3) is 2.87. The summed E-state index contributed by atoms with van der Waals surface area (Å²) in [6.07, 6.45) is 0.614. The highest BCUT2D eigenvalue weighted by Crippen LogP contribution is 2.29. The predicted octanol–water partition coefficient (Wildman–Crippen LogP) is 3.64. The van der Waals surface area contributed by atoms with Crippen molar-refractivity contribution in [3.8, 4) is 0 Å². The molecule has 18 heavy (non-hydrogen) atoms. The van der Waals surface area contributed by atoms with E-state index in [1.165, 1.54) is 0 Å². The van der Waals surface area contributed by atoms with E-state index in [0.717, 1.165) is 17.1 Å². The monoisotopic (exact) mass is 284 g/mol. The van der Waals surface area contributed by atoms with Gasteiger partial charge in [-0.2, -0.15) is 0 Å². The van der Waals surface area contributed by atoms with Crippen molar-refractivity contribution < 1.29 is 4.42 Å². The molecule has 1 aromatic heterocycles. The van der Waals surface area contributed by atoms with Gasteiger partial charge >= 0.3 is 0 Å². The van der Waals surface area contributed by atoms with Gasteiger partial charge in [0.1, 0.15) is 11.5 Å². The number of hydrazine groups is 1. The highest BCUT2D eigenvalue weighted by Gasteiger charge is 2.16.